The summed E-state index contributed by atoms with van der Waals surface area (Å²) in [6, 6.07) is 7.20. The number of hydrogen-bond acceptors (Lipinski definition) is 4. The Balaban J connectivity index is 2.30. The molecular weight excluding hydrogens is 463 g/mol. The van der Waals surface area contributed by atoms with Crippen molar-refractivity contribution >= 4 is 72.3 Å². The number of hydrogen-bond donors (Lipinski definition) is 1. The lowest BCUT2D eigenvalue weighted by atomic mass is 10.0. The number of benzene rings is 1. The third-order valence-electron chi connectivity index (χ3n) is 2.84. The number of rotatable bonds is 2. The van der Waals surface area contributed by atoms with Crippen molar-refractivity contribution in [3.63, 3.8) is 0 Å². The fraction of sp³-hybridized carbons (Fsp3) is 0. The predicted molar refractivity (Wildman–Crippen MR) is 95.1 cm³/mol. The Morgan fingerprint density at radius 2 is 1.81 bits per heavy atom. The van der Waals surface area contributed by atoms with E-state index >= 15 is 0 Å². The summed E-state index contributed by atoms with van der Waals surface area (Å²) >= 11 is 21.0. The maximum absolute atomic E-state index is 6.27. The Bertz CT molecular complexity index is 811. The normalized spacial score (nSPS) is 11.0. The highest BCUT2D eigenvalue weighted by atomic mass is 79.9. The van der Waals surface area contributed by atoms with E-state index in [0.29, 0.717) is 26.9 Å². The van der Waals surface area contributed by atoms with Crippen LogP contribution < -0.4 is 5.73 Å². The van der Waals surface area contributed by atoms with Gasteiger partial charge in [0.1, 0.15) is 5.69 Å². The van der Waals surface area contributed by atoms with E-state index in [9.17, 15) is 0 Å². The van der Waals surface area contributed by atoms with Crippen LogP contribution in [0.4, 0.5) is 5.88 Å². The number of thiophene rings is 1. The second-order valence-corrected chi connectivity index (χ2v) is 8.67. The van der Waals surface area contributed by atoms with Crippen LogP contribution in [0.1, 0.15) is 0 Å². The Hall–Kier alpha value is -0.530. The van der Waals surface area contributed by atoms with Gasteiger partial charge in [-0.25, -0.2) is 0 Å². The third kappa shape index (κ3) is 2.75. The van der Waals surface area contributed by atoms with Crippen molar-refractivity contribution in [2.45, 2.75) is 0 Å². The molecule has 0 radical (unpaired) electrons. The molecule has 0 saturated carbocycles. The summed E-state index contributed by atoms with van der Waals surface area (Å²) in [6.45, 7) is 0. The van der Waals surface area contributed by atoms with Gasteiger partial charge in [0.25, 0.3) is 0 Å². The minimum atomic E-state index is 0.175. The largest absolute Gasteiger partial charge is 0.367 e. The smallest absolute Gasteiger partial charge is 0.230 e. The first kappa shape index (κ1) is 15.4. The minimum Gasteiger partial charge on any atom is -0.367 e. The number of nitrogens with zero attached hydrogens (tertiary/aromatic N) is 1. The van der Waals surface area contributed by atoms with Crippen molar-refractivity contribution in [1.29, 1.82) is 0 Å². The van der Waals surface area contributed by atoms with Gasteiger partial charge in [-0.3, -0.25) is 0 Å². The first-order valence-corrected chi connectivity index (χ1v) is 8.79. The zero-order chi connectivity index (χ0) is 15.1. The Labute approximate surface area is 151 Å². The Morgan fingerprint density at radius 3 is 2.38 bits per heavy atom. The van der Waals surface area contributed by atoms with Crippen LogP contribution >= 0.6 is 66.4 Å². The Kier molecular flexibility index (Phi) is 4.34. The van der Waals surface area contributed by atoms with E-state index in [0.717, 1.165) is 13.1 Å². The van der Waals surface area contributed by atoms with Crippen molar-refractivity contribution in [3.8, 4) is 22.4 Å². The van der Waals surface area contributed by atoms with Gasteiger partial charge in [-0.05, 0) is 50.1 Å². The van der Waals surface area contributed by atoms with Crippen molar-refractivity contribution in [3.05, 3.63) is 41.9 Å². The van der Waals surface area contributed by atoms with Gasteiger partial charge in [0.2, 0.25) is 5.88 Å². The standard InChI is InChI=1S/C13H6Br2Cl2N2OS/c14-8-4-5(12(15)21-8)11-10(13(18)20-19-11)9-6(16)2-1-3-7(9)17/h1-4H,18H2. The molecule has 0 amide bonds. The SMILES string of the molecule is Nc1onc(-c2cc(Br)sc2Br)c1-c1c(Cl)cccc1Cl. The molecular formula is C13H6Br2Cl2N2OS. The number of halogens is 4. The maximum Gasteiger partial charge on any atom is 0.230 e. The average Bonchev–Trinajstić information content (AvgIpc) is 2.93. The fourth-order valence-electron chi connectivity index (χ4n) is 1.97. The molecule has 3 aromatic rings. The highest BCUT2D eigenvalue weighted by Crippen LogP contribution is 2.47. The summed E-state index contributed by atoms with van der Waals surface area (Å²) in [7, 11) is 0. The molecule has 0 aliphatic carbocycles. The molecule has 0 spiro atoms. The van der Waals surface area contributed by atoms with Gasteiger partial charge < -0.3 is 10.3 Å². The van der Waals surface area contributed by atoms with Gasteiger partial charge in [0.05, 0.1) is 23.2 Å². The highest BCUT2D eigenvalue weighted by Gasteiger charge is 2.24. The second-order valence-electron chi connectivity index (χ2n) is 4.10. The first-order chi connectivity index (χ1) is 9.99. The van der Waals surface area contributed by atoms with E-state index < -0.39 is 0 Å². The van der Waals surface area contributed by atoms with E-state index in [1.807, 2.05) is 6.07 Å². The molecule has 0 aliphatic heterocycles. The summed E-state index contributed by atoms with van der Waals surface area (Å²) in [5.41, 5.74) is 8.60. The molecule has 21 heavy (non-hydrogen) atoms. The molecule has 0 saturated heterocycles. The number of anilines is 1. The van der Waals surface area contributed by atoms with Gasteiger partial charge in [0.15, 0.2) is 0 Å². The zero-order valence-electron chi connectivity index (χ0n) is 10.2. The van der Waals surface area contributed by atoms with Crippen LogP contribution in [0.3, 0.4) is 0 Å². The molecule has 2 heterocycles. The topological polar surface area (TPSA) is 52.0 Å². The molecule has 1 aromatic carbocycles. The molecule has 0 unspecified atom stereocenters. The molecule has 2 N–H and O–H groups in total. The van der Waals surface area contributed by atoms with Gasteiger partial charge >= 0.3 is 0 Å². The molecule has 0 aliphatic rings. The molecule has 108 valence electrons. The molecule has 0 bridgehead atoms. The van der Waals surface area contributed by atoms with E-state index in [1.165, 1.54) is 11.3 Å². The quantitative estimate of drug-likeness (QED) is 0.468. The molecule has 8 heteroatoms. The third-order valence-corrected chi connectivity index (χ3v) is 5.81. The summed E-state index contributed by atoms with van der Waals surface area (Å²) in [5, 5.41) is 5.04. The van der Waals surface area contributed by atoms with Crippen molar-refractivity contribution in [1.82, 2.24) is 5.16 Å². The van der Waals surface area contributed by atoms with Crippen LogP contribution in [0.2, 0.25) is 10.0 Å². The van der Waals surface area contributed by atoms with Crippen LogP contribution in [-0.4, -0.2) is 5.16 Å². The number of nitrogens with two attached hydrogens (primary N) is 1. The first-order valence-electron chi connectivity index (χ1n) is 5.63. The van der Waals surface area contributed by atoms with E-state index in [2.05, 4.69) is 37.0 Å². The second kappa shape index (κ2) is 5.93. The van der Waals surface area contributed by atoms with Crippen LogP contribution in [0.15, 0.2) is 36.4 Å². The van der Waals surface area contributed by atoms with Gasteiger partial charge in [0, 0.05) is 11.1 Å². The van der Waals surface area contributed by atoms with Crippen LogP contribution in [0.25, 0.3) is 22.4 Å². The van der Waals surface area contributed by atoms with Crippen LogP contribution in [0, 0.1) is 0 Å². The molecule has 3 rings (SSSR count). The van der Waals surface area contributed by atoms with Gasteiger partial charge in [-0.15, -0.1) is 11.3 Å². The molecule has 0 fully saturated rings. The van der Waals surface area contributed by atoms with Crippen molar-refractivity contribution < 1.29 is 4.52 Å². The monoisotopic (exact) mass is 466 g/mol. The zero-order valence-corrected chi connectivity index (χ0v) is 15.7. The molecule has 0 atom stereocenters. The maximum atomic E-state index is 6.27. The van der Waals surface area contributed by atoms with Crippen LogP contribution in [-0.2, 0) is 0 Å². The summed E-state index contributed by atoms with van der Waals surface area (Å²) in [4.78, 5) is 0. The average molecular weight is 469 g/mol. The number of nitrogen functional groups attached to an aromatic ring is 1. The van der Waals surface area contributed by atoms with E-state index in [1.54, 1.807) is 18.2 Å². The molecule has 2 aromatic heterocycles. The summed E-state index contributed by atoms with van der Waals surface area (Å²) in [6.07, 6.45) is 0. The van der Waals surface area contributed by atoms with Crippen LogP contribution in [0.5, 0.6) is 0 Å². The fourth-order valence-corrected chi connectivity index (χ4v) is 5.36. The summed E-state index contributed by atoms with van der Waals surface area (Å²) < 4.78 is 7.03. The summed E-state index contributed by atoms with van der Waals surface area (Å²) in [5.74, 6) is 0.175. The highest BCUT2D eigenvalue weighted by molar-refractivity contribution is 9.12. The van der Waals surface area contributed by atoms with E-state index in [4.69, 9.17) is 33.5 Å². The van der Waals surface area contributed by atoms with Gasteiger partial charge in [-0.1, -0.05) is 34.4 Å². The van der Waals surface area contributed by atoms with Crippen molar-refractivity contribution in [2.24, 2.45) is 0 Å². The predicted octanol–water partition coefficient (Wildman–Crippen LogP) is 6.48. The number of aromatic nitrogens is 1. The Morgan fingerprint density at radius 1 is 1.14 bits per heavy atom. The lowest BCUT2D eigenvalue weighted by Gasteiger charge is -2.07. The van der Waals surface area contributed by atoms with Crippen molar-refractivity contribution in [2.75, 3.05) is 5.73 Å². The van der Waals surface area contributed by atoms with E-state index in [-0.39, 0.29) is 5.88 Å². The minimum absolute atomic E-state index is 0.175. The van der Waals surface area contributed by atoms with Gasteiger partial charge in [-0.2, -0.15) is 0 Å². The lowest BCUT2D eigenvalue weighted by molar-refractivity contribution is 0.439. The molecule has 3 nitrogen and oxygen atoms in total. The lowest BCUT2D eigenvalue weighted by Crippen LogP contribution is -1.89.